The molecular weight excluding hydrogens is 414 g/mol. The van der Waals surface area contributed by atoms with Crippen LogP contribution in [0.5, 0.6) is 17.2 Å². The van der Waals surface area contributed by atoms with Crippen molar-refractivity contribution in [2.24, 2.45) is 0 Å². The van der Waals surface area contributed by atoms with Crippen LogP contribution >= 0.6 is 11.8 Å². The fourth-order valence-electron chi connectivity index (χ4n) is 2.97. The lowest BCUT2D eigenvalue weighted by atomic mass is 10.2. The lowest BCUT2D eigenvalue weighted by Gasteiger charge is -2.15. The first-order chi connectivity index (χ1) is 14.9. The quantitative estimate of drug-likeness (QED) is 0.492. The molecule has 3 rings (SSSR count). The molecule has 0 radical (unpaired) electrons. The zero-order chi connectivity index (χ0) is 22.4. The topological polar surface area (TPSA) is 65.1 Å². The summed E-state index contributed by atoms with van der Waals surface area (Å²) in [5.41, 5.74) is 1.90. The van der Waals surface area contributed by atoms with Gasteiger partial charge in [-0.15, -0.1) is 0 Å². The number of hydrogen-bond donors (Lipinski definition) is 0. The van der Waals surface area contributed by atoms with Gasteiger partial charge in [0, 0.05) is 0 Å². The molecule has 0 aliphatic carbocycles. The van der Waals surface area contributed by atoms with Gasteiger partial charge in [0.25, 0.3) is 11.1 Å². The Morgan fingerprint density at radius 2 is 1.77 bits per heavy atom. The average Bonchev–Trinajstić information content (AvgIpc) is 2.98. The Morgan fingerprint density at radius 3 is 2.45 bits per heavy atom. The normalized spacial score (nSPS) is 15.1. The number of carbonyl (C=O) groups is 2. The van der Waals surface area contributed by atoms with E-state index in [9.17, 15) is 9.59 Å². The van der Waals surface area contributed by atoms with Crippen LogP contribution in [0.1, 0.15) is 31.9 Å². The van der Waals surface area contributed by atoms with Crippen molar-refractivity contribution in [2.45, 2.75) is 33.8 Å². The number of nitrogens with zero attached hydrogens (tertiary/aromatic N) is 1. The van der Waals surface area contributed by atoms with E-state index in [2.05, 4.69) is 0 Å². The van der Waals surface area contributed by atoms with Crippen LogP contribution in [0, 0.1) is 6.92 Å². The van der Waals surface area contributed by atoms with Gasteiger partial charge in [-0.3, -0.25) is 14.5 Å². The number of rotatable bonds is 9. The third-order valence-electron chi connectivity index (χ3n) is 4.41. The summed E-state index contributed by atoms with van der Waals surface area (Å²) in [5, 5.41) is -0.298. The Balaban J connectivity index is 1.67. The van der Waals surface area contributed by atoms with Gasteiger partial charge in [-0.05, 0) is 75.4 Å². The summed E-state index contributed by atoms with van der Waals surface area (Å²) in [6.07, 6.45) is 1.72. The van der Waals surface area contributed by atoms with E-state index in [4.69, 9.17) is 14.2 Å². The minimum Gasteiger partial charge on any atom is -0.492 e. The Labute approximate surface area is 187 Å². The van der Waals surface area contributed by atoms with Crippen LogP contribution in [0.2, 0.25) is 0 Å². The van der Waals surface area contributed by atoms with Crippen molar-refractivity contribution in [3.8, 4) is 17.2 Å². The smallest absolute Gasteiger partial charge is 0.293 e. The molecule has 31 heavy (non-hydrogen) atoms. The van der Waals surface area contributed by atoms with Gasteiger partial charge in [-0.1, -0.05) is 23.8 Å². The number of carbonyl (C=O) groups excluding carboxylic acids is 2. The molecule has 2 aromatic carbocycles. The number of thioether (sulfide) groups is 1. The van der Waals surface area contributed by atoms with Crippen molar-refractivity contribution in [3.05, 3.63) is 58.5 Å². The molecule has 2 amide bonds. The second-order valence-electron chi connectivity index (χ2n) is 7.30. The number of benzene rings is 2. The molecule has 1 fully saturated rings. The number of imide groups is 1. The molecule has 164 valence electrons. The first-order valence-corrected chi connectivity index (χ1v) is 11.1. The van der Waals surface area contributed by atoms with Crippen LogP contribution < -0.4 is 14.2 Å². The van der Waals surface area contributed by atoms with Crippen LogP contribution in [0.4, 0.5) is 4.79 Å². The largest absolute Gasteiger partial charge is 0.492 e. The summed E-state index contributed by atoms with van der Waals surface area (Å²) in [5.74, 6) is 1.65. The molecule has 1 aliphatic rings. The summed E-state index contributed by atoms with van der Waals surface area (Å²) < 4.78 is 17.1. The first kappa shape index (κ1) is 22.7. The van der Waals surface area contributed by atoms with E-state index in [1.54, 1.807) is 6.08 Å². The Morgan fingerprint density at radius 1 is 1.03 bits per heavy atom. The molecule has 0 spiro atoms. The molecule has 0 aromatic heterocycles. The van der Waals surface area contributed by atoms with E-state index in [1.807, 2.05) is 70.2 Å². The van der Waals surface area contributed by atoms with Gasteiger partial charge < -0.3 is 14.2 Å². The molecule has 1 saturated heterocycles. The van der Waals surface area contributed by atoms with Gasteiger partial charge in [0.2, 0.25) is 0 Å². The van der Waals surface area contributed by atoms with Crippen molar-refractivity contribution in [1.82, 2.24) is 4.90 Å². The molecule has 0 bridgehead atoms. The summed E-state index contributed by atoms with van der Waals surface area (Å²) in [6.45, 7) is 8.72. The zero-order valence-corrected chi connectivity index (χ0v) is 19.0. The van der Waals surface area contributed by atoms with Crippen molar-refractivity contribution in [3.63, 3.8) is 0 Å². The first-order valence-electron chi connectivity index (χ1n) is 10.3. The molecular formula is C24H27NO5S. The lowest BCUT2D eigenvalue weighted by molar-refractivity contribution is -0.123. The number of ether oxygens (including phenoxy) is 3. The maximum absolute atomic E-state index is 12.7. The van der Waals surface area contributed by atoms with Gasteiger partial charge in [0.1, 0.15) is 12.4 Å². The summed E-state index contributed by atoms with van der Waals surface area (Å²) in [4.78, 5) is 26.7. The second-order valence-corrected chi connectivity index (χ2v) is 8.29. The maximum Gasteiger partial charge on any atom is 0.293 e. The fraction of sp³-hybridized carbons (Fsp3) is 0.333. The molecule has 0 atom stereocenters. The molecule has 1 heterocycles. The van der Waals surface area contributed by atoms with Crippen molar-refractivity contribution < 1.29 is 23.8 Å². The number of amides is 2. The molecule has 0 saturated carbocycles. The summed E-state index contributed by atoms with van der Waals surface area (Å²) in [6, 6.07) is 13.1. The van der Waals surface area contributed by atoms with E-state index in [0.717, 1.165) is 22.9 Å². The minimum absolute atomic E-state index is 0.0173. The van der Waals surface area contributed by atoms with E-state index in [1.165, 1.54) is 4.90 Å². The second kappa shape index (κ2) is 10.4. The lowest BCUT2D eigenvalue weighted by Crippen LogP contribution is -2.32. The monoisotopic (exact) mass is 441 g/mol. The highest BCUT2D eigenvalue weighted by Crippen LogP contribution is 2.35. The van der Waals surface area contributed by atoms with E-state index in [-0.39, 0.29) is 30.4 Å². The van der Waals surface area contributed by atoms with Crippen LogP contribution in [0.25, 0.3) is 6.08 Å². The van der Waals surface area contributed by atoms with Crippen LogP contribution in [-0.4, -0.2) is 41.9 Å². The predicted octanol–water partition coefficient (Wildman–Crippen LogP) is 5.30. The average molecular weight is 442 g/mol. The van der Waals surface area contributed by atoms with Crippen molar-refractivity contribution in [2.75, 3.05) is 19.8 Å². The standard InChI is InChI=1S/C24H27NO5S/c1-5-28-21-14-18(8-11-20(21)30-16(2)3)15-22-23(26)25(24(27)31-22)12-13-29-19-9-6-17(4)7-10-19/h6-11,14-16H,5,12-13H2,1-4H3/b22-15-. The summed E-state index contributed by atoms with van der Waals surface area (Å²) in [7, 11) is 0. The van der Waals surface area contributed by atoms with Crippen molar-refractivity contribution >= 4 is 29.0 Å². The SMILES string of the molecule is CCOc1cc(/C=C2\SC(=O)N(CCOc3ccc(C)cc3)C2=O)ccc1OC(C)C. The van der Waals surface area contributed by atoms with Gasteiger partial charge in [-0.25, -0.2) is 0 Å². The maximum atomic E-state index is 12.7. The van der Waals surface area contributed by atoms with E-state index < -0.39 is 0 Å². The van der Waals surface area contributed by atoms with Crippen LogP contribution in [0.15, 0.2) is 47.4 Å². The minimum atomic E-state index is -0.317. The fourth-order valence-corrected chi connectivity index (χ4v) is 3.83. The molecule has 6 nitrogen and oxygen atoms in total. The molecule has 1 aliphatic heterocycles. The van der Waals surface area contributed by atoms with Gasteiger partial charge in [0.15, 0.2) is 11.5 Å². The Bertz CT molecular complexity index is 968. The highest BCUT2D eigenvalue weighted by Gasteiger charge is 2.34. The predicted molar refractivity (Wildman–Crippen MR) is 123 cm³/mol. The number of hydrogen-bond acceptors (Lipinski definition) is 6. The molecule has 0 N–H and O–H groups in total. The third-order valence-corrected chi connectivity index (χ3v) is 5.31. The van der Waals surface area contributed by atoms with Crippen molar-refractivity contribution in [1.29, 1.82) is 0 Å². The Kier molecular flexibility index (Phi) is 7.63. The van der Waals surface area contributed by atoms with Gasteiger partial charge >= 0.3 is 0 Å². The molecule has 7 heteroatoms. The van der Waals surface area contributed by atoms with Gasteiger partial charge in [0.05, 0.1) is 24.2 Å². The summed E-state index contributed by atoms with van der Waals surface area (Å²) >= 11 is 0.930. The molecule has 2 aromatic rings. The highest BCUT2D eigenvalue weighted by molar-refractivity contribution is 8.18. The van der Waals surface area contributed by atoms with E-state index >= 15 is 0 Å². The number of aryl methyl sites for hydroxylation is 1. The van der Waals surface area contributed by atoms with Crippen LogP contribution in [-0.2, 0) is 4.79 Å². The third kappa shape index (κ3) is 6.04. The van der Waals surface area contributed by atoms with Gasteiger partial charge in [-0.2, -0.15) is 0 Å². The van der Waals surface area contributed by atoms with E-state index in [0.29, 0.717) is 28.8 Å². The Hall–Kier alpha value is -2.93. The zero-order valence-electron chi connectivity index (χ0n) is 18.2. The highest BCUT2D eigenvalue weighted by atomic mass is 32.2. The molecule has 0 unspecified atom stereocenters. The van der Waals surface area contributed by atoms with Crippen LogP contribution in [0.3, 0.4) is 0 Å².